The van der Waals surface area contributed by atoms with Gasteiger partial charge in [0.1, 0.15) is 12.3 Å². The quantitative estimate of drug-likeness (QED) is 0.881. The van der Waals surface area contributed by atoms with E-state index in [4.69, 9.17) is 4.74 Å². The topological polar surface area (TPSA) is 59.9 Å². The molecule has 0 aromatic carbocycles. The number of halogens is 2. The number of ether oxygens (including phenoxy) is 1. The van der Waals surface area contributed by atoms with Crippen molar-refractivity contribution in [3.05, 3.63) is 46.6 Å². The first kappa shape index (κ1) is 16.7. The van der Waals surface area contributed by atoms with E-state index in [1.165, 1.54) is 10.7 Å². The van der Waals surface area contributed by atoms with Gasteiger partial charge in [0.25, 0.3) is 6.43 Å². The lowest BCUT2D eigenvalue weighted by molar-refractivity contribution is 0.117. The zero-order valence-corrected chi connectivity index (χ0v) is 13.3. The van der Waals surface area contributed by atoms with Gasteiger partial charge in [-0.3, -0.25) is 9.48 Å². The summed E-state index contributed by atoms with van der Waals surface area (Å²) in [6, 6.07) is 4.90. The molecule has 2 aromatic rings. The summed E-state index contributed by atoms with van der Waals surface area (Å²) in [5, 5.41) is 4.05. The number of nitrogens with zero attached hydrogens (tertiary/aromatic N) is 2. The third-order valence-electron chi connectivity index (χ3n) is 4.57. The van der Waals surface area contributed by atoms with E-state index >= 15 is 0 Å². The van der Waals surface area contributed by atoms with Crippen LogP contribution in [0.1, 0.15) is 37.3 Å². The minimum absolute atomic E-state index is 0.169. The van der Waals surface area contributed by atoms with Gasteiger partial charge in [-0.1, -0.05) is 12.8 Å². The molecule has 0 spiro atoms. The van der Waals surface area contributed by atoms with Gasteiger partial charge in [-0.2, -0.15) is 5.10 Å². The highest BCUT2D eigenvalue weighted by atomic mass is 19.3. The summed E-state index contributed by atoms with van der Waals surface area (Å²) in [6.45, 7) is 0.128. The number of rotatable bonds is 6. The van der Waals surface area contributed by atoms with Crippen LogP contribution >= 0.6 is 0 Å². The van der Waals surface area contributed by atoms with Crippen LogP contribution in [0.5, 0.6) is 5.75 Å². The summed E-state index contributed by atoms with van der Waals surface area (Å²) in [6.07, 6.45) is 4.86. The van der Waals surface area contributed by atoms with Crippen LogP contribution in [0.3, 0.4) is 0 Å². The van der Waals surface area contributed by atoms with Gasteiger partial charge in [-0.25, -0.2) is 8.78 Å². The minimum atomic E-state index is -2.41. The molecular formula is C17H21F2N3O2. The molecule has 7 heteroatoms. The fraction of sp³-hybridized carbons (Fsp3) is 0.529. The van der Waals surface area contributed by atoms with Crippen LogP contribution < -0.4 is 10.3 Å². The molecule has 2 aromatic heterocycles. The van der Waals surface area contributed by atoms with Gasteiger partial charge < -0.3 is 9.72 Å². The Kier molecular flexibility index (Phi) is 5.27. The number of hydrogen-bond acceptors (Lipinski definition) is 3. The summed E-state index contributed by atoms with van der Waals surface area (Å²) < 4.78 is 32.7. The lowest BCUT2D eigenvalue weighted by Gasteiger charge is -2.31. The molecule has 130 valence electrons. The van der Waals surface area contributed by atoms with Crippen molar-refractivity contribution in [1.29, 1.82) is 0 Å². The number of pyridine rings is 1. The zero-order valence-electron chi connectivity index (χ0n) is 13.3. The Balaban J connectivity index is 1.70. The third-order valence-corrected chi connectivity index (χ3v) is 4.57. The third kappa shape index (κ3) is 4.01. The highest BCUT2D eigenvalue weighted by Crippen LogP contribution is 2.38. The molecule has 0 saturated heterocycles. The van der Waals surface area contributed by atoms with E-state index in [1.54, 1.807) is 18.5 Å². The van der Waals surface area contributed by atoms with Gasteiger partial charge in [0.2, 0.25) is 5.56 Å². The first-order chi connectivity index (χ1) is 11.6. The van der Waals surface area contributed by atoms with Crippen molar-refractivity contribution < 1.29 is 13.5 Å². The molecule has 0 amide bonds. The number of nitrogens with one attached hydrogen (secondary N) is 1. The summed E-state index contributed by atoms with van der Waals surface area (Å²) >= 11 is 0. The molecule has 3 rings (SSSR count). The Bertz CT molecular complexity index is 693. The molecule has 2 heterocycles. The van der Waals surface area contributed by atoms with E-state index in [2.05, 4.69) is 10.1 Å². The fourth-order valence-corrected chi connectivity index (χ4v) is 3.43. The molecule has 0 bridgehead atoms. The van der Waals surface area contributed by atoms with Crippen LogP contribution in [-0.2, 0) is 6.54 Å². The summed E-state index contributed by atoms with van der Waals surface area (Å²) in [7, 11) is 0. The fourth-order valence-electron chi connectivity index (χ4n) is 3.43. The van der Waals surface area contributed by atoms with Crippen LogP contribution in [0.25, 0.3) is 0 Å². The van der Waals surface area contributed by atoms with E-state index in [1.807, 2.05) is 6.07 Å². The second-order valence-corrected chi connectivity index (χ2v) is 6.18. The van der Waals surface area contributed by atoms with Crippen molar-refractivity contribution >= 4 is 0 Å². The predicted octanol–water partition coefficient (Wildman–Crippen LogP) is 3.19. The van der Waals surface area contributed by atoms with E-state index in [-0.39, 0.29) is 23.9 Å². The Hall–Kier alpha value is -2.18. The molecule has 1 saturated carbocycles. The maximum Gasteiger partial charge on any atom is 0.257 e. The molecule has 24 heavy (non-hydrogen) atoms. The zero-order chi connectivity index (χ0) is 16.9. The molecule has 2 unspecified atom stereocenters. The standard InChI is InChI=1S/C17H21F2N3O2/c18-16(19)10-22-15(7-8-21-22)14-4-2-1-3-12(14)11-24-13-5-6-17(23)20-9-13/h5-9,12,14,16H,1-4,10-11H2,(H,20,23). The van der Waals surface area contributed by atoms with Crippen LogP contribution in [0.4, 0.5) is 8.78 Å². The van der Waals surface area contributed by atoms with Crippen molar-refractivity contribution in [2.24, 2.45) is 5.92 Å². The average Bonchev–Trinajstić information content (AvgIpc) is 3.02. The van der Waals surface area contributed by atoms with E-state index < -0.39 is 6.43 Å². The average molecular weight is 337 g/mol. The van der Waals surface area contributed by atoms with Gasteiger partial charge in [0, 0.05) is 36.0 Å². The summed E-state index contributed by atoms with van der Waals surface area (Å²) in [4.78, 5) is 13.7. The smallest absolute Gasteiger partial charge is 0.257 e. The van der Waals surface area contributed by atoms with Gasteiger partial charge in [-0.15, -0.1) is 0 Å². The van der Waals surface area contributed by atoms with Crippen molar-refractivity contribution in [3.8, 4) is 5.75 Å². The molecule has 0 radical (unpaired) electrons. The molecule has 1 aliphatic carbocycles. The molecule has 1 aliphatic rings. The van der Waals surface area contributed by atoms with Gasteiger partial charge in [0.15, 0.2) is 0 Å². The highest BCUT2D eigenvalue weighted by molar-refractivity contribution is 5.16. The molecule has 5 nitrogen and oxygen atoms in total. The van der Waals surface area contributed by atoms with Crippen LogP contribution in [-0.4, -0.2) is 27.8 Å². The van der Waals surface area contributed by atoms with Crippen LogP contribution in [0.2, 0.25) is 0 Å². The second kappa shape index (κ2) is 7.59. The Morgan fingerprint density at radius 1 is 1.29 bits per heavy atom. The second-order valence-electron chi connectivity index (χ2n) is 6.18. The summed E-state index contributed by atoms with van der Waals surface area (Å²) in [5.41, 5.74) is 0.693. The Labute approximate surface area is 138 Å². The van der Waals surface area contributed by atoms with Crippen LogP contribution in [0.15, 0.2) is 35.4 Å². The lowest BCUT2D eigenvalue weighted by atomic mass is 9.78. The minimum Gasteiger partial charge on any atom is -0.492 e. The maximum absolute atomic E-state index is 12.7. The highest BCUT2D eigenvalue weighted by Gasteiger charge is 2.30. The normalized spacial score (nSPS) is 21.1. The van der Waals surface area contributed by atoms with E-state index in [9.17, 15) is 13.6 Å². The molecule has 2 atom stereocenters. The van der Waals surface area contributed by atoms with Crippen molar-refractivity contribution in [1.82, 2.24) is 14.8 Å². The Morgan fingerprint density at radius 3 is 2.88 bits per heavy atom. The first-order valence-electron chi connectivity index (χ1n) is 8.25. The molecular weight excluding hydrogens is 316 g/mol. The number of hydrogen-bond donors (Lipinski definition) is 1. The number of H-pyrrole nitrogens is 1. The Morgan fingerprint density at radius 2 is 2.12 bits per heavy atom. The van der Waals surface area contributed by atoms with E-state index in [0.717, 1.165) is 31.4 Å². The number of aromatic amines is 1. The van der Waals surface area contributed by atoms with Crippen molar-refractivity contribution in [2.75, 3.05) is 6.61 Å². The lowest BCUT2D eigenvalue weighted by Crippen LogP contribution is -2.26. The summed E-state index contributed by atoms with van der Waals surface area (Å²) in [5.74, 6) is 1.03. The number of aromatic nitrogens is 3. The molecule has 1 N–H and O–H groups in total. The van der Waals surface area contributed by atoms with Crippen molar-refractivity contribution in [2.45, 2.75) is 44.6 Å². The maximum atomic E-state index is 12.7. The van der Waals surface area contributed by atoms with Gasteiger partial charge >= 0.3 is 0 Å². The largest absolute Gasteiger partial charge is 0.492 e. The molecule has 0 aliphatic heterocycles. The van der Waals surface area contributed by atoms with Gasteiger partial charge in [-0.05, 0) is 25.0 Å². The van der Waals surface area contributed by atoms with Gasteiger partial charge in [0.05, 0.1) is 6.61 Å². The first-order valence-corrected chi connectivity index (χ1v) is 8.25. The monoisotopic (exact) mass is 337 g/mol. The predicted molar refractivity (Wildman–Crippen MR) is 85.5 cm³/mol. The molecule has 1 fully saturated rings. The van der Waals surface area contributed by atoms with E-state index in [0.29, 0.717) is 12.4 Å². The van der Waals surface area contributed by atoms with Crippen LogP contribution in [0, 0.1) is 5.92 Å². The van der Waals surface area contributed by atoms with Crippen molar-refractivity contribution in [3.63, 3.8) is 0 Å². The number of alkyl halides is 2. The SMILES string of the molecule is O=c1ccc(OCC2CCCCC2c2ccnn2CC(F)F)c[nH]1.